The van der Waals surface area contributed by atoms with Gasteiger partial charge in [0.2, 0.25) is 0 Å². The van der Waals surface area contributed by atoms with Crippen LogP contribution in [0.15, 0.2) is 18.3 Å². The van der Waals surface area contributed by atoms with Gasteiger partial charge in [0.25, 0.3) is 0 Å². The standard InChI is InChI=1S/C11H15N3S2/c12-11(15)8-1-4-13-10(7-8)14-9-2-5-16-6-3-9/h1,4,7,9H,2-3,5-6H2,(H2,12,15)(H,13,14). The van der Waals surface area contributed by atoms with E-state index < -0.39 is 0 Å². The molecule has 0 aliphatic carbocycles. The molecule has 86 valence electrons. The van der Waals surface area contributed by atoms with E-state index in [2.05, 4.69) is 10.3 Å². The summed E-state index contributed by atoms with van der Waals surface area (Å²) >= 11 is 6.96. The van der Waals surface area contributed by atoms with Crippen LogP contribution in [0, 0.1) is 0 Å². The number of hydrogen-bond acceptors (Lipinski definition) is 4. The minimum atomic E-state index is 0.421. The Morgan fingerprint density at radius 1 is 1.50 bits per heavy atom. The summed E-state index contributed by atoms with van der Waals surface area (Å²) in [6.45, 7) is 0. The van der Waals surface area contributed by atoms with Crippen LogP contribution in [0.3, 0.4) is 0 Å². The molecule has 1 fully saturated rings. The molecule has 3 N–H and O–H groups in total. The molecule has 0 saturated carbocycles. The first-order valence-corrected chi connectivity index (χ1v) is 6.92. The van der Waals surface area contributed by atoms with Crippen LogP contribution in [0.25, 0.3) is 0 Å². The number of thioether (sulfide) groups is 1. The van der Waals surface area contributed by atoms with Crippen molar-refractivity contribution in [2.75, 3.05) is 16.8 Å². The lowest BCUT2D eigenvalue weighted by Crippen LogP contribution is -2.25. The smallest absolute Gasteiger partial charge is 0.126 e. The topological polar surface area (TPSA) is 50.9 Å². The highest BCUT2D eigenvalue weighted by molar-refractivity contribution is 7.99. The Morgan fingerprint density at radius 3 is 2.94 bits per heavy atom. The molecule has 0 spiro atoms. The van der Waals surface area contributed by atoms with Gasteiger partial charge in [-0.2, -0.15) is 11.8 Å². The Bertz CT molecular complexity index is 375. The van der Waals surface area contributed by atoms with Gasteiger partial charge in [-0.1, -0.05) is 12.2 Å². The van der Waals surface area contributed by atoms with E-state index in [0.717, 1.165) is 11.4 Å². The quantitative estimate of drug-likeness (QED) is 0.807. The van der Waals surface area contributed by atoms with Crippen LogP contribution in [0.5, 0.6) is 0 Å². The van der Waals surface area contributed by atoms with Crippen LogP contribution in [0.4, 0.5) is 5.82 Å². The second-order valence-electron chi connectivity index (χ2n) is 3.82. The molecule has 2 rings (SSSR count). The fourth-order valence-corrected chi connectivity index (χ4v) is 2.95. The molecule has 3 nitrogen and oxygen atoms in total. The summed E-state index contributed by atoms with van der Waals surface area (Å²) in [7, 11) is 0. The number of aromatic nitrogens is 1. The third-order valence-electron chi connectivity index (χ3n) is 2.62. The molecule has 1 aliphatic heterocycles. The third-order valence-corrected chi connectivity index (χ3v) is 3.90. The van der Waals surface area contributed by atoms with Gasteiger partial charge in [-0.25, -0.2) is 4.98 Å². The first-order valence-electron chi connectivity index (χ1n) is 5.36. The SMILES string of the molecule is NC(=S)c1ccnc(NC2CCSCC2)c1. The van der Waals surface area contributed by atoms with Crippen molar-refractivity contribution in [1.82, 2.24) is 4.98 Å². The highest BCUT2D eigenvalue weighted by atomic mass is 32.2. The van der Waals surface area contributed by atoms with Crippen LogP contribution >= 0.6 is 24.0 Å². The van der Waals surface area contributed by atoms with E-state index in [4.69, 9.17) is 18.0 Å². The van der Waals surface area contributed by atoms with E-state index >= 15 is 0 Å². The minimum Gasteiger partial charge on any atom is -0.389 e. The zero-order chi connectivity index (χ0) is 11.4. The third kappa shape index (κ3) is 3.09. The first-order chi connectivity index (χ1) is 7.75. The fraction of sp³-hybridized carbons (Fsp3) is 0.455. The van der Waals surface area contributed by atoms with Crippen LogP contribution < -0.4 is 11.1 Å². The number of rotatable bonds is 3. The van der Waals surface area contributed by atoms with E-state index in [1.165, 1.54) is 24.3 Å². The molecule has 0 amide bonds. The van der Waals surface area contributed by atoms with E-state index in [1.807, 2.05) is 23.9 Å². The van der Waals surface area contributed by atoms with E-state index in [1.54, 1.807) is 6.20 Å². The number of nitrogens with two attached hydrogens (primary N) is 1. The summed E-state index contributed by atoms with van der Waals surface area (Å²) < 4.78 is 0. The fourth-order valence-electron chi connectivity index (χ4n) is 1.71. The Labute approximate surface area is 105 Å². The number of thiocarbonyl (C=S) groups is 1. The van der Waals surface area contributed by atoms with E-state index in [0.29, 0.717) is 11.0 Å². The zero-order valence-electron chi connectivity index (χ0n) is 8.98. The highest BCUT2D eigenvalue weighted by Crippen LogP contribution is 2.20. The molecule has 5 heteroatoms. The Balaban J connectivity index is 2.02. The number of nitrogens with zero attached hydrogens (tertiary/aromatic N) is 1. The molecule has 16 heavy (non-hydrogen) atoms. The van der Waals surface area contributed by atoms with Crippen LogP contribution in [-0.2, 0) is 0 Å². The average Bonchev–Trinajstić information content (AvgIpc) is 2.30. The maximum absolute atomic E-state index is 5.59. The summed E-state index contributed by atoms with van der Waals surface area (Å²) in [5.74, 6) is 3.33. The summed E-state index contributed by atoms with van der Waals surface area (Å²) in [6, 6.07) is 4.30. The summed E-state index contributed by atoms with van der Waals surface area (Å²) in [5, 5.41) is 3.44. The lowest BCUT2D eigenvalue weighted by Gasteiger charge is -2.23. The second kappa shape index (κ2) is 5.50. The van der Waals surface area contributed by atoms with Gasteiger partial charge in [-0.05, 0) is 36.5 Å². The molecule has 1 saturated heterocycles. The predicted molar refractivity (Wildman–Crippen MR) is 74.1 cm³/mol. The van der Waals surface area contributed by atoms with Gasteiger partial charge in [-0.3, -0.25) is 0 Å². The van der Waals surface area contributed by atoms with Crippen molar-refractivity contribution in [3.05, 3.63) is 23.9 Å². The van der Waals surface area contributed by atoms with Gasteiger partial charge in [0.1, 0.15) is 10.8 Å². The number of pyridine rings is 1. The summed E-state index contributed by atoms with van der Waals surface area (Å²) in [6.07, 6.45) is 4.14. The van der Waals surface area contributed by atoms with Crippen LogP contribution in [-0.4, -0.2) is 27.5 Å². The van der Waals surface area contributed by atoms with Gasteiger partial charge in [0.15, 0.2) is 0 Å². The largest absolute Gasteiger partial charge is 0.389 e. The first kappa shape index (κ1) is 11.7. The van der Waals surface area contributed by atoms with Crippen molar-refractivity contribution in [2.24, 2.45) is 5.73 Å². The van der Waals surface area contributed by atoms with Crippen LogP contribution in [0.1, 0.15) is 18.4 Å². The highest BCUT2D eigenvalue weighted by Gasteiger charge is 2.13. The molecule has 0 atom stereocenters. The van der Waals surface area contributed by atoms with Gasteiger partial charge in [0, 0.05) is 17.8 Å². The van der Waals surface area contributed by atoms with Crippen molar-refractivity contribution in [3.8, 4) is 0 Å². The number of anilines is 1. The molecule has 2 heterocycles. The van der Waals surface area contributed by atoms with Gasteiger partial charge in [0.05, 0.1) is 0 Å². The van der Waals surface area contributed by atoms with E-state index in [9.17, 15) is 0 Å². The average molecular weight is 253 g/mol. The van der Waals surface area contributed by atoms with Crippen molar-refractivity contribution in [1.29, 1.82) is 0 Å². The molecule has 1 aromatic rings. The molecule has 1 aliphatic rings. The van der Waals surface area contributed by atoms with Crippen molar-refractivity contribution < 1.29 is 0 Å². The molecular formula is C11H15N3S2. The summed E-state index contributed by atoms with van der Waals surface area (Å²) in [5.41, 5.74) is 6.46. The lowest BCUT2D eigenvalue weighted by molar-refractivity contribution is 0.664. The van der Waals surface area contributed by atoms with Gasteiger partial charge < -0.3 is 11.1 Å². The monoisotopic (exact) mass is 253 g/mol. The van der Waals surface area contributed by atoms with Crippen molar-refractivity contribution in [3.63, 3.8) is 0 Å². The maximum Gasteiger partial charge on any atom is 0.126 e. The van der Waals surface area contributed by atoms with Crippen molar-refractivity contribution >= 4 is 34.8 Å². The number of nitrogens with one attached hydrogen (secondary N) is 1. The Morgan fingerprint density at radius 2 is 2.25 bits per heavy atom. The molecular weight excluding hydrogens is 238 g/mol. The normalized spacial score (nSPS) is 17.0. The lowest BCUT2D eigenvalue weighted by atomic mass is 10.1. The van der Waals surface area contributed by atoms with E-state index in [-0.39, 0.29) is 0 Å². The van der Waals surface area contributed by atoms with Gasteiger partial charge >= 0.3 is 0 Å². The molecule has 1 aromatic heterocycles. The predicted octanol–water partition coefficient (Wildman–Crippen LogP) is 2.02. The number of hydrogen-bond donors (Lipinski definition) is 2. The second-order valence-corrected chi connectivity index (χ2v) is 5.49. The minimum absolute atomic E-state index is 0.421. The molecule has 0 radical (unpaired) electrons. The molecule has 0 bridgehead atoms. The molecule has 0 unspecified atom stereocenters. The van der Waals surface area contributed by atoms with Crippen molar-refractivity contribution in [2.45, 2.75) is 18.9 Å². The Kier molecular flexibility index (Phi) is 4.01. The van der Waals surface area contributed by atoms with Gasteiger partial charge in [-0.15, -0.1) is 0 Å². The van der Waals surface area contributed by atoms with Crippen LogP contribution in [0.2, 0.25) is 0 Å². The molecule has 0 aromatic carbocycles. The zero-order valence-corrected chi connectivity index (χ0v) is 10.6. The summed E-state index contributed by atoms with van der Waals surface area (Å²) in [4.78, 5) is 4.70. The Hall–Kier alpha value is -0.810. The maximum atomic E-state index is 5.59.